The highest BCUT2D eigenvalue weighted by atomic mass is 19.2. The van der Waals surface area contributed by atoms with Crippen LogP contribution < -0.4 is 0 Å². The molecule has 0 radical (unpaired) electrons. The van der Waals surface area contributed by atoms with E-state index in [2.05, 4.69) is 17.9 Å². The van der Waals surface area contributed by atoms with Crippen molar-refractivity contribution in [3.8, 4) is 0 Å². The zero-order valence-electron chi connectivity index (χ0n) is 6.79. The summed E-state index contributed by atoms with van der Waals surface area (Å²) >= 11 is 0. The van der Waals surface area contributed by atoms with Crippen molar-refractivity contribution in [3.05, 3.63) is 24.5 Å². The van der Waals surface area contributed by atoms with Crippen molar-refractivity contribution in [2.24, 2.45) is 0 Å². The summed E-state index contributed by atoms with van der Waals surface area (Å²) < 4.78 is 29.6. The van der Waals surface area contributed by atoms with E-state index in [-0.39, 0.29) is 11.3 Å². The van der Waals surface area contributed by atoms with E-state index in [9.17, 15) is 8.78 Å². The zero-order chi connectivity index (χ0) is 9.07. The highest BCUT2D eigenvalue weighted by Crippen LogP contribution is 2.25. The predicted molar refractivity (Wildman–Crippen MR) is 40.8 cm³/mol. The molecule has 0 spiro atoms. The van der Waals surface area contributed by atoms with Crippen LogP contribution in [-0.2, 0) is 4.74 Å². The molecule has 1 unspecified atom stereocenters. The van der Waals surface area contributed by atoms with Crippen LogP contribution in [0.1, 0.15) is 6.92 Å². The lowest BCUT2D eigenvalue weighted by molar-refractivity contribution is 0.170. The summed E-state index contributed by atoms with van der Waals surface area (Å²) in [5.41, 5.74) is -2.12. The molecular weight excluding hydrogens is 150 g/mol. The van der Waals surface area contributed by atoms with Gasteiger partial charge in [0.2, 0.25) is 0 Å². The van der Waals surface area contributed by atoms with Crippen LogP contribution in [0, 0.1) is 0 Å². The number of halogens is 2. The first-order valence-corrected chi connectivity index (χ1v) is 3.13. The van der Waals surface area contributed by atoms with Gasteiger partial charge in [-0.2, -0.15) is 0 Å². The van der Waals surface area contributed by atoms with Gasteiger partial charge in [-0.1, -0.05) is 13.2 Å². The van der Waals surface area contributed by atoms with Crippen LogP contribution in [0.3, 0.4) is 0 Å². The molecule has 0 fully saturated rings. The monoisotopic (exact) mass is 162 g/mol. The summed E-state index contributed by atoms with van der Waals surface area (Å²) in [5.74, 6) is 0.0765. The SMILES string of the molecule is C=C(OC)C(=C)C(C)(F)CF. The average Bonchev–Trinajstić information content (AvgIpc) is 2.01. The molecule has 0 saturated heterocycles. The summed E-state index contributed by atoms with van der Waals surface area (Å²) in [6, 6.07) is 0. The predicted octanol–water partition coefficient (Wildman–Crippen LogP) is 2.40. The summed E-state index contributed by atoms with van der Waals surface area (Å²) in [6.45, 7) is 6.67. The van der Waals surface area contributed by atoms with E-state index in [4.69, 9.17) is 0 Å². The van der Waals surface area contributed by atoms with Crippen LogP contribution in [0.15, 0.2) is 24.5 Å². The Hall–Kier alpha value is -0.860. The third kappa shape index (κ3) is 2.33. The first kappa shape index (κ1) is 10.1. The lowest BCUT2D eigenvalue weighted by Crippen LogP contribution is -2.24. The molecule has 3 heteroatoms. The van der Waals surface area contributed by atoms with Gasteiger partial charge in [-0.25, -0.2) is 8.78 Å². The van der Waals surface area contributed by atoms with Crippen molar-refractivity contribution in [3.63, 3.8) is 0 Å². The zero-order valence-corrected chi connectivity index (χ0v) is 6.79. The van der Waals surface area contributed by atoms with Gasteiger partial charge in [0.15, 0.2) is 5.67 Å². The molecule has 0 heterocycles. The van der Waals surface area contributed by atoms with Crippen molar-refractivity contribution >= 4 is 0 Å². The van der Waals surface area contributed by atoms with Crippen LogP contribution >= 0.6 is 0 Å². The Labute approximate surface area is 65.4 Å². The Bertz CT molecular complexity index is 173. The fourth-order valence-corrected chi connectivity index (χ4v) is 0.495. The van der Waals surface area contributed by atoms with E-state index in [0.29, 0.717) is 0 Å². The standard InChI is InChI=1S/C8H12F2O/c1-6(7(2)11-4)8(3,10)5-9/h1-2,5H2,3-4H3. The van der Waals surface area contributed by atoms with Crippen LogP contribution in [0.2, 0.25) is 0 Å². The van der Waals surface area contributed by atoms with Crippen LogP contribution in [-0.4, -0.2) is 19.5 Å². The molecule has 0 aromatic carbocycles. The van der Waals surface area contributed by atoms with Crippen LogP contribution in [0.5, 0.6) is 0 Å². The smallest absolute Gasteiger partial charge is 0.164 e. The molecule has 0 aliphatic rings. The van der Waals surface area contributed by atoms with Gasteiger partial charge < -0.3 is 4.74 Å². The van der Waals surface area contributed by atoms with Crippen molar-refractivity contribution in [1.82, 2.24) is 0 Å². The van der Waals surface area contributed by atoms with Gasteiger partial charge in [0.1, 0.15) is 12.4 Å². The summed E-state index contributed by atoms with van der Waals surface area (Å²) in [7, 11) is 1.34. The van der Waals surface area contributed by atoms with E-state index < -0.39 is 12.3 Å². The summed E-state index contributed by atoms with van der Waals surface area (Å²) in [6.07, 6.45) is 0. The highest BCUT2D eigenvalue weighted by molar-refractivity contribution is 5.28. The van der Waals surface area contributed by atoms with Crippen molar-refractivity contribution in [2.75, 3.05) is 13.8 Å². The molecular formula is C8H12F2O. The second-order valence-corrected chi connectivity index (χ2v) is 2.44. The molecule has 1 nitrogen and oxygen atoms in total. The topological polar surface area (TPSA) is 9.23 Å². The van der Waals surface area contributed by atoms with Crippen molar-refractivity contribution in [2.45, 2.75) is 12.6 Å². The molecule has 1 atom stereocenters. The van der Waals surface area contributed by atoms with E-state index in [1.165, 1.54) is 7.11 Å². The molecule has 0 saturated carbocycles. The minimum Gasteiger partial charge on any atom is -0.497 e. The fourth-order valence-electron chi connectivity index (χ4n) is 0.495. The maximum absolute atomic E-state index is 13.0. The van der Waals surface area contributed by atoms with Crippen molar-refractivity contribution in [1.29, 1.82) is 0 Å². The Balaban J connectivity index is 4.36. The molecule has 0 rings (SSSR count). The van der Waals surface area contributed by atoms with Crippen LogP contribution in [0.4, 0.5) is 8.78 Å². The number of allylic oxidation sites excluding steroid dienone is 1. The molecule has 0 aliphatic heterocycles. The lowest BCUT2D eigenvalue weighted by Gasteiger charge is -2.19. The van der Waals surface area contributed by atoms with Gasteiger partial charge in [0.05, 0.1) is 7.11 Å². The number of alkyl halides is 2. The molecule has 0 aromatic heterocycles. The molecule has 64 valence electrons. The molecule has 0 bridgehead atoms. The fraction of sp³-hybridized carbons (Fsp3) is 0.500. The maximum Gasteiger partial charge on any atom is 0.164 e. The number of methoxy groups -OCH3 is 1. The minimum absolute atomic E-state index is 0.0532. The second-order valence-electron chi connectivity index (χ2n) is 2.44. The lowest BCUT2D eigenvalue weighted by atomic mass is 10.00. The number of rotatable bonds is 4. The summed E-state index contributed by atoms with van der Waals surface area (Å²) in [4.78, 5) is 0. The number of ether oxygens (including phenoxy) is 1. The highest BCUT2D eigenvalue weighted by Gasteiger charge is 2.29. The Morgan fingerprint density at radius 1 is 1.55 bits per heavy atom. The Morgan fingerprint density at radius 3 is 2.27 bits per heavy atom. The van der Waals surface area contributed by atoms with Gasteiger partial charge >= 0.3 is 0 Å². The van der Waals surface area contributed by atoms with E-state index in [1.807, 2.05) is 0 Å². The summed E-state index contributed by atoms with van der Waals surface area (Å²) in [5, 5.41) is 0. The third-order valence-electron chi connectivity index (χ3n) is 1.46. The van der Waals surface area contributed by atoms with Crippen LogP contribution in [0.25, 0.3) is 0 Å². The first-order chi connectivity index (χ1) is 4.95. The van der Waals surface area contributed by atoms with E-state index >= 15 is 0 Å². The minimum atomic E-state index is -2.06. The quantitative estimate of drug-likeness (QED) is 0.455. The molecule has 0 aliphatic carbocycles. The average molecular weight is 162 g/mol. The second kappa shape index (κ2) is 3.51. The van der Waals surface area contributed by atoms with Crippen molar-refractivity contribution < 1.29 is 13.5 Å². The molecule has 0 N–H and O–H groups in total. The van der Waals surface area contributed by atoms with Gasteiger partial charge in [0.25, 0.3) is 0 Å². The van der Waals surface area contributed by atoms with Gasteiger partial charge in [-0.05, 0) is 6.92 Å². The van der Waals surface area contributed by atoms with Gasteiger partial charge in [-0.3, -0.25) is 0 Å². The van der Waals surface area contributed by atoms with E-state index in [0.717, 1.165) is 6.92 Å². The number of hydrogen-bond acceptors (Lipinski definition) is 1. The maximum atomic E-state index is 13.0. The molecule has 0 aromatic rings. The molecule has 0 amide bonds. The number of hydrogen-bond donors (Lipinski definition) is 0. The third-order valence-corrected chi connectivity index (χ3v) is 1.46. The normalized spacial score (nSPS) is 15.3. The van der Waals surface area contributed by atoms with Gasteiger partial charge in [0, 0.05) is 5.57 Å². The molecule has 11 heavy (non-hydrogen) atoms. The first-order valence-electron chi connectivity index (χ1n) is 3.13. The van der Waals surface area contributed by atoms with Gasteiger partial charge in [-0.15, -0.1) is 0 Å². The Morgan fingerprint density at radius 2 is 2.00 bits per heavy atom. The largest absolute Gasteiger partial charge is 0.497 e. The van der Waals surface area contributed by atoms with E-state index in [1.54, 1.807) is 0 Å². The Kier molecular flexibility index (Phi) is 3.23.